The number of carboxylic acids is 1. The normalized spacial score (nSPS) is 10.9. The summed E-state index contributed by atoms with van der Waals surface area (Å²) in [6.45, 7) is 2.90. The summed E-state index contributed by atoms with van der Waals surface area (Å²) in [7, 11) is 6.31. The maximum Gasteiger partial charge on any atom is 0.305 e. The Morgan fingerprint density at radius 1 is 1.06 bits per heavy atom. The van der Waals surface area contributed by atoms with Crippen LogP contribution in [0, 0.1) is 0 Å². The molecule has 0 saturated heterocycles. The Labute approximate surface area is 108 Å². The zero-order chi connectivity index (χ0) is 11.7. The van der Waals surface area contributed by atoms with Crippen molar-refractivity contribution in [1.29, 1.82) is 0 Å². The van der Waals surface area contributed by atoms with E-state index in [2.05, 4.69) is 21.1 Å². The molecule has 0 amide bonds. The van der Waals surface area contributed by atoms with E-state index in [-0.39, 0.29) is 30.0 Å². The van der Waals surface area contributed by atoms with Gasteiger partial charge in [-0.3, -0.25) is 4.79 Å². The van der Waals surface area contributed by atoms with Crippen LogP contribution in [0.4, 0.5) is 0 Å². The van der Waals surface area contributed by atoms with Crippen molar-refractivity contribution in [2.75, 3.05) is 54.1 Å². The van der Waals surface area contributed by atoms with Gasteiger partial charge in [0.05, 0.1) is 54.0 Å². The lowest BCUT2D eigenvalue weighted by atomic mass is 10.5. The van der Waals surface area contributed by atoms with E-state index in [9.17, 15) is 4.79 Å². The first-order chi connectivity index (χ1) is 6.92. The number of halogens is 1. The molecule has 16 heavy (non-hydrogen) atoms. The molecule has 6 heteroatoms. The van der Waals surface area contributed by atoms with Gasteiger partial charge < -0.3 is 36.0 Å². The van der Waals surface area contributed by atoms with Gasteiger partial charge in [-0.05, 0) is 0 Å². The van der Waals surface area contributed by atoms with Gasteiger partial charge >= 0.3 is 5.97 Å². The van der Waals surface area contributed by atoms with Crippen LogP contribution < -0.4 is 17.0 Å². The van der Waals surface area contributed by atoms with Crippen molar-refractivity contribution >= 4 is 5.97 Å². The molecule has 0 saturated carbocycles. The summed E-state index contributed by atoms with van der Waals surface area (Å²) < 4.78 is 11.3. The molecular weight excluding hydrogens is 278 g/mol. The molecule has 0 aromatic heterocycles. The lowest BCUT2D eigenvalue weighted by Gasteiger charge is -2.23. The average molecular weight is 300 g/mol. The fourth-order valence-electron chi connectivity index (χ4n) is 0.820. The summed E-state index contributed by atoms with van der Waals surface area (Å²) in [6.07, 6.45) is 0.0544. The Hall–Kier alpha value is -0.170. The molecule has 98 valence electrons. The monoisotopic (exact) mass is 299 g/mol. The molecule has 0 aliphatic carbocycles. The molecule has 0 unspecified atom stereocenters. The lowest BCUT2D eigenvalue weighted by molar-refractivity contribution is -0.870. The number of rotatable bonds is 9. The second-order valence-corrected chi connectivity index (χ2v) is 4.38. The molecule has 0 heterocycles. The van der Waals surface area contributed by atoms with Crippen molar-refractivity contribution in [2.45, 2.75) is 6.42 Å². The highest BCUT2D eigenvalue weighted by molar-refractivity contribution is 5.66. The molecule has 0 fully saturated rings. The Kier molecular flexibility index (Phi) is 11.4. The van der Waals surface area contributed by atoms with Gasteiger partial charge in [0.2, 0.25) is 0 Å². The third kappa shape index (κ3) is 16.3. The number of hydrogen-bond donors (Lipinski definition) is 1. The zero-order valence-corrected chi connectivity index (χ0v) is 11.8. The van der Waals surface area contributed by atoms with Crippen LogP contribution in [0.5, 0.6) is 0 Å². The van der Waals surface area contributed by atoms with Gasteiger partial charge in [0.1, 0.15) is 6.54 Å². The minimum atomic E-state index is -0.832. The first-order valence-corrected chi connectivity index (χ1v) is 5.09. The van der Waals surface area contributed by atoms with Gasteiger partial charge in [-0.25, -0.2) is 0 Å². The molecule has 0 aliphatic rings. The Balaban J connectivity index is 0. The van der Waals surface area contributed by atoms with Crippen LogP contribution in [-0.4, -0.2) is 69.7 Å². The zero-order valence-electron chi connectivity index (χ0n) is 10.2. The molecule has 0 spiro atoms. The summed E-state index contributed by atoms with van der Waals surface area (Å²) in [6, 6.07) is 0. The summed E-state index contributed by atoms with van der Waals surface area (Å²) in [5.41, 5.74) is 0. The molecule has 0 aromatic rings. The second-order valence-electron chi connectivity index (χ2n) is 4.38. The lowest BCUT2D eigenvalue weighted by Crippen LogP contribution is -3.00. The molecule has 0 rings (SSSR count). The number of nitrogens with zero attached hydrogens (tertiary/aromatic N) is 1. The first kappa shape index (κ1) is 18.2. The number of carbonyl (C=O) groups is 1. The van der Waals surface area contributed by atoms with Gasteiger partial charge in [0.25, 0.3) is 0 Å². The maximum absolute atomic E-state index is 10.1. The number of ether oxygens (including phenoxy) is 2. The fourth-order valence-corrected chi connectivity index (χ4v) is 0.820. The highest BCUT2D eigenvalue weighted by Gasteiger charge is 2.05. The minimum Gasteiger partial charge on any atom is -1.00 e. The summed E-state index contributed by atoms with van der Waals surface area (Å²) >= 11 is 0. The SMILES string of the molecule is C[N+](C)(C)CCOCCOCCC(=O)O.[Br-]. The van der Waals surface area contributed by atoms with E-state index in [1.807, 2.05) is 0 Å². The average Bonchev–Trinajstić information content (AvgIpc) is 2.07. The Morgan fingerprint density at radius 3 is 2.00 bits per heavy atom. The van der Waals surface area contributed by atoms with Crippen LogP contribution in [0.25, 0.3) is 0 Å². The van der Waals surface area contributed by atoms with E-state index in [4.69, 9.17) is 14.6 Å². The third-order valence-electron chi connectivity index (χ3n) is 1.74. The molecule has 5 nitrogen and oxygen atoms in total. The van der Waals surface area contributed by atoms with E-state index in [0.29, 0.717) is 19.8 Å². The predicted molar refractivity (Wildman–Crippen MR) is 56.8 cm³/mol. The van der Waals surface area contributed by atoms with Crippen molar-refractivity contribution < 1.29 is 40.8 Å². The van der Waals surface area contributed by atoms with Crippen molar-refractivity contribution in [2.24, 2.45) is 0 Å². The van der Waals surface area contributed by atoms with Gasteiger partial charge in [-0.2, -0.15) is 0 Å². The topological polar surface area (TPSA) is 55.8 Å². The molecule has 0 atom stereocenters. The van der Waals surface area contributed by atoms with Crippen molar-refractivity contribution in [3.05, 3.63) is 0 Å². The number of carboxylic acid groups (broad SMARTS) is 1. The van der Waals surface area contributed by atoms with Gasteiger partial charge in [0.15, 0.2) is 0 Å². The van der Waals surface area contributed by atoms with Crippen molar-refractivity contribution in [1.82, 2.24) is 0 Å². The second kappa shape index (κ2) is 10.0. The highest BCUT2D eigenvalue weighted by Crippen LogP contribution is 1.89. The van der Waals surface area contributed by atoms with Crippen LogP contribution in [-0.2, 0) is 14.3 Å². The summed E-state index contributed by atoms with van der Waals surface area (Å²) in [4.78, 5) is 10.1. The van der Waals surface area contributed by atoms with Gasteiger partial charge in [-0.1, -0.05) is 0 Å². The van der Waals surface area contributed by atoms with E-state index < -0.39 is 5.97 Å². The largest absolute Gasteiger partial charge is 1.00 e. The van der Waals surface area contributed by atoms with E-state index in [0.717, 1.165) is 11.0 Å². The summed E-state index contributed by atoms with van der Waals surface area (Å²) in [5, 5.41) is 8.33. The number of quaternary nitrogens is 1. The standard InChI is InChI=1S/C10H21NO4.BrH/c1-11(2,3)5-7-15-9-8-14-6-4-10(12)13;/h4-9H2,1-3H3;1H. The first-order valence-electron chi connectivity index (χ1n) is 5.09. The summed E-state index contributed by atoms with van der Waals surface area (Å²) in [5.74, 6) is -0.832. The predicted octanol–water partition coefficient (Wildman–Crippen LogP) is -2.80. The van der Waals surface area contributed by atoms with Gasteiger partial charge in [-0.15, -0.1) is 0 Å². The van der Waals surface area contributed by atoms with Crippen LogP contribution >= 0.6 is 0 Å². The maximum atomic E-state index is 10.1. The quantitative estimate of drug-likeness (QED) is 0.369. The van der Waals surface area contributed by atoms with E-state index in [1.54, 1.807) is 0 Å². The molecule has 1 N–H and O–H groups in total. The minimum absolute atomic E-state index is 0. The Morgan fingerprint density at radius 2 is 1.56 bits per heavy atom. The number of likely N-dealkylation sites (N-methyl/N-ethyl adjacent to an activating group) is 1. The molecule has 0 aromatic carbocycles. The van der Waals surface area contributed by atoms with E-state index >= 15 is 0 Å². The third-order valence-corrected chi connectivity index (χ3v) is 1.74. The molecule has 0 aliphatic heterocycles. The molecule has 0 bridgehead atoms. The van der Waals surface area contributed by atoms with Crippen molar-refractivity contribution in [3.63, 3.8) is 0 Å². The Bertz CT molecular complexity index is 182. The van der Waals surface area contributed by atoms with Crippen LogP contribution in [0.3, 0.4) is 0 Å². The van der Waals surface area contributed by atoms with Crippen LogP contribution in [0.15, 0.2) is 0 Å². The number of hydrogen-bond acceptors (Lipinski definition) is 3. The molecular formula is C10H22BrNO4. The fraction of sp³-hybridized carbons (Fsp3) is 0.900. The van der Waals surface area contributed by atoms with Crippen LogP contribution in [0.2, 0.25) is 0 Å². The van der Waals surface area contributed by atoms with E-state index in [1.165, 1.54) is 0 Å². The van der Waals surface area contributed by atoms with Gasteiger partial charge in [0, 0.05) is 0 Å². The smallest absolute Gasteiger partial charge is 0.305 e. The molecule has 0 radical (unpaired) electrons. The van der Waals surface area contributed by atoms with Crippen molar-refractivity contribution in [3.8, 4) is 0 Å². The van der Waals surface area contributed by atoms with Crippen LogP contribution in [0.1, 0.15) is 6.42 Å². The number of aliphatic carboxylic acids is 1. The highest BCUT2D eigenvalue weighted by atomic mass is 79.9.